The highest BCUT2D eigenvalue weighted by molar-refractivity contribution is 5.88. The van der Waals surface area contributed by atoms with Crippen LogP contribution in [0.2, 0.25) is 0 Å². The molecule has 1 heterocycles. The van der Waals surface area contributed by atoms with E-state index in [0.717, 1.165) is 0 Å². The van der Waals surface area contributed by atoms with E-state index in [0.29, 0.717) is 6.42 Å². The standard InChI is InChI=1S/C11H16N2O5/c1-10(2)12-13-11(16-4,18-10)17-8-6-5-7-9(14)15-3/h6,8H2,1-4H3. The molecule has 0 fully saturated rings. The van der Waals surface area contributed by atoms with Gasteiger partial charge in [0.1, 0.15) is 0 Å². The van der Waals surface area contributed by atoms with Crippen LogP contribution in [-0.4, -0.2) is 38.6 Å². The van der Waals surface area contributed by atoms with Gasteiger partial charge in [0.05, 0.1) is 13.7 Å². The quantitative estimate of drug-likeness (QED) is 0.247. The third kappa shape index (κ3) is 4.07. The van der Waals surface area contributed by atoms with Gasteiger partial charge in [0.2, 0.25) is 0 Å². The Kier molecular flexibility index (Phi) is 4.78. The normalized spacial score (nSPS) is 24.4. The number of methoxy groups -OCH3 is 2. The molecule has 0 saturated heterocycles. The van der Waals surface area contributed by atoms with Gasteiger partial charge in [0, 0.05) is 19.5 Å². The number of hydrogen-bond acceptors (Lipinski definition) is 7. The molecule has 1 atom stereocenters. The second-order valence-electron chi connectivity index (χ2n) is 3.87. The number of azo groups is 1. The summed E-state index contributed by atoms with van der Waals surface area (Å²) in [7, 11) is 2.67. The minimum atomic E-state index is -1.52. The SMILES string of the molecule is COC(=O)C#CCCOC1(OC)N=NC(C)(C)O1. The fourth-order valence-corrected chi connectivity index (χ4v) is 1.15. The molecule has 0 bridgehead atoms. The van der Waals surface area contributed by atoms with Crippen molar-refractivity contribution in [3.05, 3.63) is 0 Å². The summed E-state index contributed by atoms with van der Waals surface area (Å²) in [5.74, 6) is 4.28. The Morgan fingerprint density at radius 1 is 1.33 bits per heavy atom. The largest absolute Gasteiger partial charge is 0.459 e. The van der Waals surface area contributed by atoms with Crippen LogP contribution in [0, 0.1) is 11.8 Å². The van der Waals surface area contributed by atoms with Gasteiger partial charge in [0.25, 0.3) is 0 Å². The Hall–Kier alpha value is -1.49. The van der Waals surface area contributed by atoms with Gasteiger partial charge < -0.3 is 14.2 Å². The highest BCUT2D eigenvalue weighted by Crippen LogP contribution is 2.32. The van der Waals surface area contributed by atoms with E-state index in [1.54, 1.807) is 13.8 Å². The predicted octanol–water partition coefficient (Wildman–Crippen LogP) is 1.05. The van der Waals surface area contributed by atoms with Crippen molar-refractivity contribution < 1.29 is 23.7 Å². The van der Waals surface area contributed by atoms with Gasteiger partial charge >= 0.3 is 12.1 Å². The molecule has 18 heavy (non-hydrogen) atoms. The van der Waals surface area contributed by atoms with E-state index in [4.69, 9.17) is 14.2 Å². The molecule has 1 aliphatic heterocycles. The number of esters is 1. The summed E-state index contributed by atoms with van der Waals surface area (Å²) in [6.45, 7) is 3.66. The van der Waals surface area contributed by atoms with Crippen LogP contribution in [0.1, 0.15) is 20.3 Å². The minimum absolute atomic E-state index is 0.187. The maximum atomic E-state index is 10.7. The van der Waals surface area contributed by atoms with Crippen LogP contribution in [0.25, 0.3) is 0 Å². The first-order valence-electron chi connectivity index (χ1n) is 5.33. The number of nitrogens with zero attached hydrogens (tertiary/aromatic N) is 2. The lowest BCUT2D eigenvalue weighted by molar-refractivity contribution is -0.375. The van der Waals surface area contributed by atoms with Gasteiger partial charge in [-0.3, -0.25) is 4.74 Å². The lowest BCUT2D eigenvalue weighted by atomic mass is 10.3. The molecule has 0 N–H and O–H groups in total. The highest BCUT2D eigenvalue weighted by atomic mass is 16.9. The summed E-state index contributed by atoms with van der Waals surface area (Å²) in [6.07, 6.45) is -1.20. The molecule has 0 aromatic heterocycles. The molecule has 1 rings (SSSR count). The van der Waals surface area contributed by atoms with Crippen molar-refractivity contribution in [1.29, 1.82) is 0 Å². The first kappa shape index (κ1) is 14.6. The molecule has 0 radical (unpaired) electrons. The van der Waals surface area contributed by atoms with E-state index in [-0.39, 0.29) is 6.61 Å². The second-order valence-corrected chi connectivity index (χ2v) is 3.87. The zero-order valence-corrected chi connectivity index (χ0v) is 10.8. The molecule has 1 aliphatic rings. The summed E-state index contributed by atoms with van der Waals surface area (Å²) < 4.78 is 20.1. The van der Waals surface area contributed by atoms with E-state index < -0.39 is 17.8 Å². The smallest absolute Gasteiger partial charge is 0.414 e. The van der Waals surface area contributed by atoms with Crippen molar-refractivity contribution in [3.63, 3.8) is 0 Å². The number of ether oxygens (including phenoxy) is 4. The minimum Gasteiger partial charge on any atom is -0.459 e. The molecule has 0 aromatic rings. The number of carbonyl (C=O) groups excluding carboxylic acids is 1. The van der Waals surface area contributed by atoms with Gasteiger partial charge in [-0.1, -0.05) is 11.0 Å². The monoisotopic (exact) mass is 256 g/mol. The summed E-state index contributed by atoms with van der Waals surface area (Å²) >= 11 is 0. The van der Waals surface area contributed by atoms with Crippen LogP contribution in [0.5, 0.6) is 0 Å². The fraction of sp³-hybridized carbons (Fsp3) is 0.727. The van der Waals surface area contributed by atoms with E-state index in [9.17, 15) is 4.79 Å². The van der Waals surface area contributed by atoms with Gasteiger partial charge in [-0.05, 0) is 13.8 Å². The Morgan fingerprint density at radius 2 is 2.06 bits per heavy atom. The van der Waals surface area contributed by atoms with Crippen LogP contribution < -0.4 is 0 Å². The van der Waals surface area contributed by atoms with E-state index >= 15 is 0 Å². The van der Waals surface area contributed by atoms with Crippen molar-refractivity contribution >= 4 is 5.97 Å². The fourth-order valence-electron chi connectivity index (χ4n) is 1.15. The third-order valence-electron chi connectivity index (χ3n) is 1.94. The summed E-state index contributed by atoms with van der Waals surface area (Å²) in [5.41, 5.74) is -0.784. The van der Waals surface area contributed by atoms with E-state index in [2.05, 4.69) is 26.8 Å². The third-order valence-corrected chi connectivity index (χ3v) is 1.94. The van der Waals surface area contributed by atoms with Crippen molar-refractivity contribution in [2.45, 2.75) is 32.1 Å². The highest BCUT2D eigenvalue weighted by Gasteiger charge is 2.45. The average Bonchev–Trinajstić information content (AvgIpc) is 2.65. The Morgan fingerprint density at radius 3 is 2.56 bits per heavy atom. The van der Waals surface area contributed by atoms with Crippen molar-refractivity contribution in [2.75, 3.05) is 20.8 Å². The van der Waals surface area contributed by atoms with E-state index in [1.807, 2.05) is 0 Å². The summed E-state index contributed by atoms with van der Waals surface area (Å²) in [6, 6.07) is 0. The molecule has 7 heteroatoms. The van der Waals surface area contributed by atoms with Crippen LogP contribution in [0.15, 0.2) is 10.2 Å². The van der Waals surface area contributed by atoms with Gasteiger partial charge in [-0.2, -0.15) is 5.11 Å². The molecule has 0 aromatic carbocycles. The van der Waals surface area contributed by atoms with E-state index in [1.165, 1.54) is 14.2 Å². The van der Waals surface area contributed by atoms with Gasteiger partial charge in [0.15, 0.2) is 5.72 Å². The second kappa shape index (κ2) is 5.91. The van der Waals surface area contributed by atoms with Crippen LogP contribution >= 0.6 is 0 Å². The maximum absolute atomic E-state index is 10.7. The molecule has 100 valence electrons. The molecular formula is C11H16N2O5. The Bertz CT molecular complexity index is 396. The zero-order chi connectivity index (χ0) is 13.6. The number of rotatable bonds is 4. The molecular weight excluding hydrogens is 240 g/mol. The number of carbonyl (C=O) groups is 1. The summed E-state index contributed by atoms with van der Waals surface area (Å²) in [4.78, 5) is 10.7. The lowest BCUT2D eigenvalue weighted by Crippen LogP contribution is -2.38. The maximum Gasteiger partial charge on any atom is 0.414 e. The summed E-state index contributed by atoms with van der Waals surface area (Å²) in [5, 5.41) is 7.68. The topological polar surface area (TPSA) is 78.7 Å². The average molecular weight is 256 g/mol. The first-order valence-corrected chi connectivity index (χ1v) is 5.33. The predicted molar refractivity (Wildman–Crippen MR) is 60.1 cm³/mol. The Balaban J connectivity index is 2.40. The molecule has 7 nitrogen and oxygen atoms in total. The zero-order valence-electron chi connectivity index (χ0n) is 10.8. The molecule has 0 saturated carbocycles. The van der Waals surface area contributed by atoms with Crippen LogP contribution in [-0.2, 0) is 23.7 Å². The first-order chi connectivity index (χ1) is 8.43. The van der Waals surface area contributed by atoms with Crippen LogP contribution in [0.4, 0.5) is 0 Å². The molecule has 0 amide bonds. The van der Waals surface area contributed by atoms with Crippen LogP contribution in [0.3, 0.4) is 0 Å². The molecule has 0 spiro atoms. The number of hydrogen-bond donors (Lipinski definition) is 0. The molecule has 1 unspecified atom stereocenters. The van der Waals surface area contributed by atoms with Gasteiger partial charge in [-0.15, -0.1) is 0 Å². The molecule has 0 aliphatic carbocycles. The Labute approximate surface area is 105 Å². The van der Waals surface area contributed by atoms with Crippen molar-refractivity contribution in [3.8, 4) is 11.8 Å². The van der Waals surface area contributed by atoms with Crippen molar-refractivity contribution in [1.82, 2.24) is 0 Å². The lowest BCUT2D eigenvalue weighted by Gasteiger charge is -2.24. The van der Waals surface area contributed by atoms with Crippen molar-refractivity contribution in [2.24, 2.45) is 10.2 Å². The van der Waals surface area contributed by atoms with Gasteiger partial charge in [-0.25, -0.2) is 4.79 Å².